The Morgan fingerprint density at radius 1 is 0.706 bits per heavy atom. The summed E-state index contributed by atoms with van der Waals surface area (Å²) in [6.07, 6.45) is 12.8. The Balaban J connectivity index is 4.19. The molecule has 0 rings (SSSR count). The van der Waals surface area contributed by atoms with E-state index in [1.54, 1.807) is 0 Å². The first kappa shape index (κ1) is 17.0. The molecule has 104 valence electrons. The van der Waals surface area contributed by atoms with Crippen LogP contribution in [0.25, 0.3) is 0 Å². The molecule has 0 aliphatic carbocycles. The normalized spacial score (nSPS) is 16.8. The average Bonchev–Trinajstić information content (AvgIpc) is 2.35. The van der Waals surface area contributed by atoms with Crippen molar-refractivity contribution in [2.24, 2.45) is 17.8 Å². The summed E-state index contributed by atoms with van der Waals surface area (Å²) in [5.74, 6) is 2.91. The van der Waals surface area contributed by atoms with Crippen molar-refractivity contribution in [2.75, 3.05) is 0 Å². The largest absolute Gasteiger partial charge is 0.0654 e. The van der Waals surface area contributed by atoms with E-state index in [4.69, 9.17) is 0 Å². The van der Waals surface area contributed by atoms with Gasteiger partial charge in [0.2, 0.25) is 0 Å². The Labute approximate surface area is 111 Å². The molecule has 0 aliphatic heterocycles. The summed E-state index contributed by atoms with van der Waals surface area (Å²) in [7, 11) is 0. The van der Waals surface area contributed by atoms with E-state index >= 15 is 0 Å². The molecule has 0 spiro atoms. The fraction of sp³-hybridized carbons (Fsp3) is 1.00. The van der Waals surface area contributed by atoms with Gasteiger partial charge in [-0.15, -0.1) is 0 Å². The molecule has 3 atom stereocenters. The van der Waals surface area contributed by atoms with Crippen molar-refractivity contribution in [3.05, 3.63) is 0 Å². The van der Waals surface area contributed by atoms with Crippen LogP contribution in [0.15, 0.2) is 0 Å². The van der Waals surface area contributed by atoms with E-state index in [0.717, 1.165) is 17.8 Å². The monoisotopic (exact) mass is 240 g/mol. The molecule has 0 bridgehead atoms. The van der Waals surface area contributed by atoms with Gasteiger partial charge in [-0.1, -0.05) is 86.0 Å². The number of hydrogen-bond acceptors (Lipinski definition) is 0. The second-order valence-electron chi connectivity index (χ2n) is 5.96. The van der Waals surface area contributed by atoms with Gasteiger partial charge in [-0.2, -0.15) is 0 Å². The summed E-state index contributed by atoms with van der Waals surface area (Å²) < 4.78 is 0. The zero-order chi connectivity index (χ0) is 13.1. The molecule has 0 N–H and O–H groups in total. The molecule has 0 aromatic rings. The van der Waals surface area contributed by atoms with Crippen LogP contribution in [0, 0.1) is 17.8 Å². The van der Waals surface area contributed by atoms with E-state index in [-0.39, 0.29) is 0 Å². The van der Waals surface area contributed by atoms with Gasteiger partial charge in [-0.25, -0.2) is 0 Å². The van der Waals surface area contributed by atoms with Gasteiger partial charge in [0.25, 0.3) is 0 Å². The summed E-state index contributed by atoms with van der Waals surface area (Å²) in [5.41, 5.74) is 0. The third-order valence-electron chi connectivity index (χ3n) is 4.43. The third-order valence-corrected chi connectivity index (χ3v) is 4.43. The van der Waals surface area contributed by atoms with Crippen molar-refractivity contribution < 1.29 is 0 Å². The van der Waals surface area contributed by atoms with Crippen molar-refractivity contribution >= 4 is 0 Å². The topological polar surface area (TPSA) is 0 Å². The molecular weight excluding hydrogens is 204 g/mol. The highest BCUT2D eigenvalue weighted by Crippen LogP contribution is 2.32. The molecular formula is C17H36. The van der Waals surface area contributed by atoms with E-state index in [1.807, 2.05) is 0 Å². The maximum absolute atomic E-state index is 2.43. The molecule has 0 aliphatic rings. The first-order chi connectivity index (χ1) is 8.19. The molecule has 17 heavy (non-hydrogen) atoms. The van der Waals surface area contributed by atoms with Gasteiger partial charge in [-0.3, -0.25) is 0 Å². The maximum atomic E-state index is 2.43. The molecule has 0 fully saturated rings. The number of unbranched alkanes of at least 4 members (excludes halogenated alkanes) is 2. The number of hydrogen-bond donors (Lipinski definition) is 0. The molecule has 0 saturated heterocycles. The molecule has 0 heteroatoms. The summed E-state index contributed by atoms with van der Waals surface area (Å²) in [4.78, 5) is 0. The molecule has 0 aromatic carbocycles. The van der Waals surface area contributed by atoms with Gasteiger partial charge >= 0.3 is 0 Å². The van der Waals surface area contributed by atoms with Crippen molar-refractivity contribution in [3.8, 4) is 0 Å². The van der Waals surface area contributed by atoms with Crippen LogP contribution in [0.5, 0.6) is 0 Å². The number of rotatable bonds is 11. The van der Waals surface area contributed by atoms with E-state index in [0.29, 0.717) is 0 Å². The van der Waals surface area contributed by atoms with Crippen molar-refractivity contribution in [2.45, 2.75) is 92.4 Å². The lowest BCUT2D eigenvalue weighted by atomic mass is 9.78. The minimum atomic E-state index is 0.922. The fourth-order valence-corrected chi connectivity index (χ4v) is 3.02. The van der Waals surface area contributed by atoms with Gasteiger partial charge in [0, 0.05) is 0 Å². The first-order valence-electron chi connectivity index (χ1n) is 8.19. The van der Waals surface area contributed by atoms with E-state index in [2.05, 4.69) is 34.6 Å². The van der Waals surface area contributed by atoms with Gasteiger partial charge in [0.05, 0.1) is 0 Å². The summed E-state index contributed by atoms with van der Waals surface area (Å²) in [6.45, 7) is 11.8. The summed E-state index contributed by atoms with van der Waals surface area (Å²) in [5, 5.41) is 0. The van der Waals surface area contributed by atoms with Crippen LogP contribution in [-0.4, -0.2) is 0 Å². The molecule has 3 unspecified atom stereocenters. The van der Waals surface area contributed by atoms with Gasteiger partial charge in [0.1, 0.15) is 0 Å². The van der Waals surface area contributed by atoms with E-state index in [1.165, 1.54) is 57.8 Å². The highest BCUT2D eigenvalue weighted by atomic mass is 14.3. The Kier molecular flexibility index (Phi) is 11.1. The SMILES string of the molecule is CCCCCC(CCC)C(CC)CC(C)CC. The summed E-state index contributed by atoms with van der Waals surface area (Å²) >= 11 is 0. The second-order valence-corrected chi connectivity index (χ2v) is 5.96. The van der Waals surface area contributed by atoms with Gasteiger partial charge < -0.3 is 0 Å². The molecule has 0 heterocycles. The van der Waals surface area contributed by atoms with Crippen LogP contribution in [0.3, 0.4) is 0 Å². The first-order valence-corrected chi connectivity index (χ1v) is 8.19. The molecule has 0 nitrogen and oxygen atoms in total. The van der Waals surface area contributed by atoms with Crippen LogP contribution in [0.1, 0.15) is 92.4 Å². The Hall–Kier alpha value is 0. The Bertz CT molecular complexity index is 150. The third kappa shape index (κ3) is 7.84. The lowest BCUT2D eigenvalue weighted by Crippen LogP contribution is -2.17. The quantitative estimate of drug-likeness (QED) is 0.364. The molecule has 0 aromatic heterocycles. The summed E-state index contributed by atoms with van der Waals surface area (Å²) in [6, 6.07) is 0. The second kappa shape index (κ2) is 11.1. The predicted molar refractivity (Wildman–Crippen MR) is 80.4 cm³/mol. The van der Waals surface area contributed by atoms with Crippen molar-refractivity contribution in [3.63, 3.8) is 0 Å². The van der Waals surface area contributed by atoms with E-state index in [9.17, 15) is 0 Å². The Morgan fingerprint density at radius 2 is 1.41 bits per heavy atom. The maximum Gasteiger partial charge on any atom is -0.0386 e. The van der Waals surface area contributed by atoms with Gasteiger partial charge in [0.15, 0.2) is 0 Å². The Morgan fingerprint density at radius 3 is 1.88 bits per heavy atom. The predicted octanol–water partition coefficient (Wildman–Crippen LogP) is 6.45. The zero-order valence-electron chi connectivity index (χ0n) is 13.1. The minimum absolute atomic E-state index is 0.922. The van der Waals surface area contributed by atoms with Crippen LogP contribution in [-0.2, 0) is 0 Å². The van der Waals surface area contributed by atoms with Crippen LogP contribution in [0.2, 0.25) is 0 Å². The smallest absolute Gasteiger partial charge is 0.0386 e. The van der Waals surface area contributed by atoms with Crippen molar-refractivity contribution in [1.82, 2.24) is 0 Å². The van der Waals surface area contributed by atoms with Crippen molar-refractivity contribution in [1.29, 1.82) is 0 Å². The fourth-order valence-electron chi connectivity index (χ4n) is 3.02. The zero-order valence-corrected chi connectivity index (χ0v) is 13.1. The highest BCUT2D eigenvalue weighted by Gasteiger charge is 2.20. The lowest BCUT2D eigenvalue weighted by molar-refractivity contribution is 0.231. The minimum Gasteiger partial charge on any atom is -0.0654 e. The standard InChI is InChI=1S/C17H36/c1-6-10-11-13-17(12-7-2)16(9-4)14-15(5)8-3/h15-17H,6-14H2,1-5H3. The molecule has 0 radical (unpaired) electrons. The average molecular weight is 240 g/mol. The van der Waals surface area contributed by atoms with E-state index < -0.39 is 0 Å². The van der Waals surface area contributed by atoms with Gasteiger partial charge in [-0.05, 0) is 24.2 Å². The van der Waals surface area contributed by atoms with Crippen LogP contribution in [0.4, 0.5) is 0 Å². The van der Waals surface area contributed by atoms with Crippen LogP contribution >= 0.6 is 0 Å². The lowest BCUT2D eigenvalue weighted by Gasteiger charge is -2.28. The highest BCUT2D eigenvalue weighted by molar-refractivity contribution is 4.71. The van der Waals surface area contributed by atoms with Crippen LogP contribution < -0.4 is 0 Å². The molecule has 0 amide bonds. The molecule has 0 saturated carbocycles.